The van der Waals surface area contributed by atoms with Gasteiger partial charge in [0, 0.05) is 50.2 Å². The van der Waals surface area contributed by atoms with Crippen LogP contribution < -0.4 is 4.90 Å². The van der Waals surface area contributed by atoms with Crippen molar-refractivity contribution in [1.82, 2.24) is 19.7 Å². The van der Waals surface area contributed by atoms with Crippen molar-refractivity contribution in [3.63, 3.8) is 0 Å². The molecule has 0 atom stereocenters. The fourth-order valence-corrected chi connectivity index (χ4v) is 4.15. The maximum atomic E-state index is 12.2. The van der Waals surface area contributed by atoms with Crippen molar-refractivity contribution < 1.29 is 14.3 Å². The average molecular weight is 399 g/mol. The second kappa shape index (κ2) is 8.02. The van der Waals surface area contributed by atoms with Gasteiger partial charge in [0.25, 0.3) is 0 Å². The highest BCUT2D eigenvalue weighted by atomic mass is 16.5. The summed E-state index contributed by atoms with van der Waals surface area (Å²) >= 11 is 0. The van der Waals surface area contributed by atoms with E-state index < -0.39 is 0 Å². The number of pyridine rings is 1. The van der Waals surface area contributed by atoms with Crippen molar-refractivity contribution in [3.05, 3.63) is 34.8 Å². The number of amides is 1. The Hall–Kier alpha value is -2.61. The van der Waals surface area contributed by atoms with Gasteiger partial charge in [-0.1, -0.05) is 0 Å². The van der Waals surface area contributed by atoms with Crippen molar-refractivity contribution in [3.8, 4) is 0 Å². The third kappa shape index (κ3) is 3.69. The van der Waals surface area contributed by atoms with E-state index in [-0.39, 0.29) is 6.09 Å². The van der Waals surface area contributed by atoms with Crippen molar-refractivity contribution in [2.24, 2.45) is 0 Å². The van der Waals surface area contributed by atoms with Crippen LogP contribution in [0.2, 0.25) is 0 Å². The number of aryl methyl sites for hydroxylation is 2. The number of anilines is 2. The predicted molar refractivity (Wildman–Crippen MR) is 110 cm³/mol. The number of hydrogen-bond acceptors (Lipinski definition) is 6. The first kappa shape index (κ1) is 19.7. The number of aromatic nitrogens is 3. The lowest BCUT2D eigenvalue weighted by Gasteiger charge is -2.29. The van der Waals surface area contributed by atoms with E-state index in [1.165, 1.54) is 12.8 Å². The summed E-state index contributed by atoms with van der Waals surface area (Å²) in [5.41, 5.74) is 5.46. The number of fused-ring (bicyclic) bond motifs is 1. The highest BCUT2D eigenvalue weighted by Gasteiger charge is 2.32. The van der Waals surface area contributed by atoms with Crippen LogP contribution in [-0.2, 0) is 22.4 Å². The number of nitrogens with zero attached hydrogens (tertiary/aromatic N) is 5. The zero-order chi connectivity index (χ0) is 20.5. The van der Waals surface area contributed by atoms with Gasteiger partial charge in [0.2, 0.25) is 0 Å². The molecule has 4 heterocycles. The van der Waals surface area contributed by atoms with Crippen molar-refractivity contribution in [1.29, 1.82) is 0 Å². The lowest BCUT2D eigenvalue weighted by Crippen LogP contribution is -2.37. The number of hydrogen-bond donors (Lipinski definition) is 0. The van der Waals surface area contributed by atoms with E-state index in [9.17, 15) is 4.79 Å². The monoisotopic (exact) mass is 399 g/mol. The van der Waals surface area contributed by atoms with Gasteiger partial charge in [-0.2, -0.15) is 5.10 Å². The van der Waals surface area contributed by atoms with Crippen LogP contribution in [0.3, 0.4) is 0 Å². The molecule has 0 spiro atoms. The minimum Gasteiger partial charge on any atom is -0.453 e. The second-order valence-electron chi connectivity index (χ2n) is 7.83. The predicted octanol–water partition coefficient (Wildman–Crippen LogP) is 3.14. The fraction of sp³-hybridized carbons (Fsp3) is 0.571. The summed E-state index contributed by atoms with van der Waals surface area (Å²) in [5.74, 6) is 0.880. The Labute approximate surface area is 171 Å². The Bertz CT molecular complexity index is 904. The van der Waals surface area contributed by atoms with Gasteiger partial charge in [-0.05, 0) is 38.3 Å². The van der Waals surface area contributed by atoms with Crippen LogP contribution in [0.25, 0.3) is 0 Å². The van der Waals surface area contributed by atoms with Gasteiger partial charge in [-0.15, -0.1) is 0 Å². The molecular formula is C21H29N5O3. The molecule has 4 rings (SSSR count). The van der Waals surface area contributed by atoms with Crippen LogP contribution in [0.15, 0.2) is 12.3 Å². The Balaban J connectivity index is 1.74. The lowest BCUT2D eigenvalue weighted by molar-refractivity contribution is 0.0649. The Kier molecular flexibility index (Phi) is 5.45. The molecule has 1 fully saturated rings. The topological polar surface area (TPSA) is 72.7 Å². The number of carbonyl (C=O) groups is 1. The zero-order valence-corrected chi connectivity index (χ0v) is 17.6. The molecule has 1 amide bonds. The lowest BCUT2D eigenvalue weighted by atomic mass is 10.0. The van der Waals surface area contributed by atoms with Crippen LogP contribution in [0.4, 0.5) is 16.3 Å². The first-order valence-corrected chi connectivity index (χ1v) is 10.2. The molecule has 29 heavy (non-hydrogen) atoms. The number of rotatable bonds is 3. The van der Waals surface area contributed by atoms with Crippen LogP contribution in [0.5, 0.6) is 0 Å². The second-order valence-corrected chi connectivity index (χ2v) is 7.83. The molecule has 0 unspecified atom stereocenters. The first-order valence-electron chi connectivity index (χ1n) is 10.2. The first-order chi connectivity index (χ1) is 14.0. The highest BCUT2D eigenvalue weighted by Crippen LogP contribution is 2.35. The molecule has 8 nitrogen and oxygen atoms in total. The van der Waals surface area contributed by atoms with Crippen molar-refractivity contribution in [2.75, 3.05) is 38.8 Å². The molecule has 2 aromatic heterocycles. The minimum atomic E-state index is -0.295. The van der Waals surface area contributed by atoms with E-state index in [4.69, 9.17) is 14.6 Å². The maximum absolute atomic E-state index is 12.2. The SMILES string of the molecule is COC(=O)N1CCc2c(c(N(C)c3cnc(C)c(C)c3)nn2C2CCOCC2)C1. The molecule has 0 saturated carbocycles. The molecule has 2 aliphatic rings. The number of ether oxygens (including phenoxy) is 2. The van der Waals surface area contributed by atoms with Gasteiger partial charge in [-0.3, -0.25) is 9.67 Å². The average Bonchev–Trinajstić information content (AvgIpc) is 3.14. The largest absolute Gasteiger partial charge is 0.453 e. The van der Waals surface area contributed by atoms with E-state index in [0.29, 0.717) is 19.1 Å². The zero-order valence-electron chi connectivity index (χ0n) is 17.6. The van der Waals surface area contributed by atoms with Crippen molar-refractivity contribution in [2.45, 2.75) is 45.7 Å². The molecule has 0 radical (unpaired) electrons. The van der Waals surface area contributed by atoms with E-state index >= 15 is 0 Å². The third-order valence-electron chi connectivity index (χ3n) is 6.06. The third-order valence-corrected chi connectivity index (χ3v) is 6.06. The van der Waals surface area contributed by atoms with Gasteiger partial charge in [0.05, 0.1) is 31.6 Å². The van der Waals surface area contributed by atoms with Crippen LogP contribution in [0.1, 0.15) is 41.4 Å². The maximum Gasteiger partial charge on any atom is 0.409 e. The van der Waals surface area contributed by atoms with E-state index in [0.717, 1.165) is 60.8 Å². The fourth-order valence-electron chi connectivity index (χ4n) is 4.15. The van der Waals surface area contributed by atoms with E-state index in [1.807, 2.05) is 20.2 Å². The molecule has 1 saturated heterocycles. The molecule has 8 heteroatoms. The Morgan fingerprint density at radius 1 is 1.31 bits per heavy atom. The molecule has 0 aromatic carbocycles. The molecule has 0 bridgehead atoms. The van der Waals surface area contributed by atoms with E-state index in [1.54, 1.807) is 4.90 Å². The minimum absolute atomic E-state index is 0.295. The quantitative estimate of drug-likeness (QED) is 0.790. The van der Waals surface area contributed by atoms with Crippen LogP contribution >= 0.6 is 0 Å². The summed E-state index contributed by atoms with van der Waals surface area (Å²) in [6, 6.07) is 2.46. The standard InChI is InChI=1S/C21H29N5O3/c1-14-11-17(12-22-15(14)2)24(3)20-18-13-25(21(27)28-4)8-5-19(18)26(23-20)16-6-9-29-10-7-16/h11-12,16H,5-10,13H2,1-4H3. The van der Waals surface area contributed by atoms with Gasteiger partial charge in [-0.25, -0.2) is 4.79 Å². The van der Waals surface area contributed by atoms with Crippen LogP contribution in [0, 0.1) is 13.8 Å². The highest BCUT2D eigenvalue weighted by molar-refractivity contribution is 5.70. The summed E-state index contributed by atoms with van der Waals surface area (Å²) in [7, 11) is 3.44. The van der Waals surface area contributed by atoms with Crippen molar-refractivity contribution >= 4 is 17.6 Å². The molecule has 2 aromatic rings. The molecule has 156 valence electrons. The van der Waals surface area contributed by atoms with Crippen LogP contribution in [-0.4, -0.2) is 59.7 Å². The molecule has 0 N–H and O–H groups in total. The summed E-state index contributed by atoms with van der Waals surface area (Å²) in [6.45, 7) is 6.75. The molecule has 0 aliphatic carbocycles. The van der Waals surface area contributed by atoms with Gasteiger partial charge in [0.1, 0.15) is 0 Å². The van der Waals surface area contributed by atoms with Gasteiger partial charge < -0.3 is 19.3 Å². The number of carbonyl (C=O) groups excluding carboxylic acids is 1. The Morgan fingerprint density at radius 3 is 2.76 bits per heavy atom. The molecular weight excluding hydrogens is 370 g/mol. The van der Waals surface area contributed by atoms with Gasteiger partial charge >= 0.3 is 6.09 Å². The molecule has 2 aliphatic heterocycles. The van der Waals surface area contributed by atoms with E-state index in [2.05, 4.69) is 27.6 Å². The van der Waals surface area contributed by atoms with Gasteiger partial charge in [0.15, 0.2) is 5.82 Å². The smallest absolute Gasteiger partial charge is 0.409 e. The normalized spacial score (nSPS) is 17.2. The summed E-state index contributed by atoms with van der Waals surface area (Å²) < 4.78 is 12.7. The Morgan fingerprint density at radius 2 is 2.07 bits per heavy atom. The number of methoxy groups -OCH3 is 1. The summed E-state index contributed by atoms with van der Waals surface area (Å²) in [5, 5.41) is 5.04. The summed E-state index contributed by atoms with van der Waals surface area (Å²) in [4.78, 5) is 20.5. The summed E-state index contributed by atoms with van der Waals surface area (Å²) in [6.07, 6.45) is 4.28.